The van der Waals surface area contributed by atoms with Crippen LogP contribution in [-0.2, 0) is 4.74 Å². The van der Waals surface area contributed by atoms with Gasteiger partial charge in [-0.25, -0.2) is 4.79 Å². The molecule has 0 saturated carbocycles. The minimum atomic E-state index is -1.02. The van der Waals surface area contributed by atoms with Crippen LogP contribution >= 0.6 is 0 Å². The summed E-state index contributed by atoms with van der Waals surface area (Å²) in [5.74, 6) is 0. The van der Waals surface area contributed by atoms with Crippen molar-refractivity contribution in [3.05, 3.63) is 0 Å². The number of hydrogen-bond donors (Lipinski definition) is 2. The molecular formula is C9H17NO4. The number of rotatable bonds is 2. The number of nitrogens with zero attached hydrogens (tertiary/aromatic N) is 1. The first-order chi connectivity index (χ1) is 6.33. The van der Waals surface area contributed by atoms with E-state index in [-0.39, 0.29) is 19.8 Å². The minimum Gasteiger partial charge on any atom is -0.465 e. The highest BCUT2D eigenvalue weighted by molar-refractivity contribution is 5.67. The Bertz CT molecular complexity index is 224. The fourth-order valence-corrected chi connectivity index (χ4v) is 1.83. The van der Waals surface area contributed by atoms with Crippen molar-refractivity contribution in [3.63, 3.8) is 0 Å². The molecule has 0 aromatic rings. The molecule has 0 aromatic carbocycles. The molecule has 0 atom stereocenters. The second kappa shape index (κ2) is 3.40. The van der Waals surface area contributed by atoms with E-state index in [4.69, 9.17) is 9.84 Å². The molecule has 14 heavy (non-hydrogen) atoms. The Labute approximate surface area is 83.3 Å². The van der Waals surface area contributed by atoms with E-state index in [2.05, 4.69) is 0 Å². The number of carbonyl (C=O) groups is 1. The average molecular weight is 203 g/mol. The maximum absolute atomic E-state index is 11.1. The Kier molecular flexibility index (Phi) is 2.74. The van der Waals surface area contributed by atoms with Gasteiger partial charge in [-0.2, -0.15) is 0 Å². The van der Waals surface area contributed by atoms with E-state index in [0.717, 1.165) is 0 Å². The van der Waals surface area contributed by atoms with Crippen LogP contribution < -0.4 is 0 Å². The first-order valence-electron chi connectivity index (χ1n) is 4.55. The summed E-state index contributed by atoms with van der Waals surface area (Å²) < 4.78 is 4.99. The van der Waals surface area contributed by atoms with Gasteiger partial charge >= 0.3 is 6.09 Å². The summed E-state index contributed by atoms with van der Waals surface area (Å²) >= 11 is 0. The largest absolute Gasteiger partial charge is 0.465 e. The molecule has 2 N–H and O–H groups in total. The van der Waals surface area contributed by atoms with Crippen molar-refractivity contribution >= 4 is 6.09 Å². The highest BCUT2D eigenvalue weighted by Gasteiger charge is 2.50. The zero-order valence-corrected chi connectivity index (χ0v) is 8.78. The van der Waals surface area contributed by atoms with Gasteiger partial charge in [0.25, 0.3) is 0 Å². The van der Waals surface area contributed by atoms with Crippen LogP contribution in [0.4, 0.5) is 4.79 Å². The summed E-state index contributed by atoms with van der Waals surface area (Å²) in [5.41, 5.74) is -1.28. The smallest absolute Gasteiger partial charge is 0.408 e. The predicted molar refractivity (Wildman–Crippen MR) is 50.3 cm³/mol. The van der Waals surface area contributed by atoms with Crippen molar-refractivity contribution in [1.82, 2.24) is 4.90 Å². The van der Waals surface area contributed by atoms with Gasteiger partial charge in [-0.3, -0.25) is 4.90 Å². The van der Waals surface area contributed by atoms with Gasteiger partial charge in [0.05, 0.1) is 19.8 Å². The second-order valence-electron chi connectivity index (χ2n) is 4.66. The van der Waals surface area contributed by atoms with Gasteiger partial charge in [0, 0.05) is 5.54 Å². The molecule has 1 fully saturated rings. The Balaban J connectivity index is 2.93. The lowest BCUT2D eigenvalue weighted by Gasteiger charge is -2.52. The lowest BCUT2D eigenvalue weighted by atomic mass is 9.90. The highest BCUT2D eigenvalue weighted by Crippen LogP contribution is 2.31. The van der Waals surface area contributed by atoms with Crippen LogP contribution in [0.3, 0.4) is 0 Å². The lowest BCUT2D eigenvalue weighted by molar-refractivity contribution is -0.169. The van der Waals surface area contributed by atoms with Gasteiger partial charge in [0.15, 0.2) is 0 Å². The molecule has 5 nitrogen and oxygen atoms in total. The minimum absolute atomic E-state index is 0.198. The van der Waals surface area contributed by atoms with E-state index in [1.54, 1.807) is 20.8 Å². The third kappa shape index (κ3) is 1.69. The fraction of sp³-hybridized carbons (Fsp3) is 0.889. The van der Waals surface area contributed by atoms with Crippen molar-refractivity contribution in [2.75, 3.05) is 19.8 Å². The molecule has 1 amide bonds. The first kappa shape index (κ1) is 11.3. The van der Waals surface area contributed by atoms with E-state index in [1.165, 1.54) is 4.90 Å². The second-order valence-corrected chi connectivity index (χ2v) is 4.66. The van der Waals surface area contributed by atoms with E-state index in [1.807, 2.05) is 0 Å². The van der Waals surface area contributed by atoms with Crippen molar-refractivity contribution in [1.29, 1.82) is 0 Å². The fourth-order valence-electron chi connectivity index (χ4n) is 1.83. The van der Waals surface area contributed by atoms with Crippen LogP contribution in [0.25, 0.3) is 0 Å². The van der Waals surface area contributed by atoms with E-state index < -0.39 is 17.2 Å². The Morgan fingerprint density at radius 1 is 1.50 bits per heavy atom. The van der Waals surface area contributed by atoms with Gasteiger partial charge in [-0.1, -0.05) is 0 Å². The molecule has 1 saturated heterocycles. The van der Waals surface area contributed by atoms with Crippen molar-refractivity contribution < 1.29 is 19.7 Å². The number of aliphatic hydroxyl groups is 1. The Hall–Kier alpha value is -0.810. The first-order valence-corrected chi connectivity index (χ1v) is 4.55. The molecule has 0 aromatic heterocycles. The Morgan fingerprint density at radius 3 is 2.07 bits per heavy atom. The molecule has 0 radical (unpaired) electrons. The van der Waals surface area contributed by atoms with Crippen LogP contribution in [0.5, 0.6) is 0 Å². The third-order valence-electron chi connectivity index (χ3n) is 2.37. The van der Waals surface area contributed by atoms with Crippen LogP contribution in [0, 0.1) is 0 Å². The number of carboxylic acid groups (broad SMARTS) is 1. The molecule has 1 heterocycles. The standard InChI is InChI=1S/C9H17NO4/c1-8(2,3)10(7(12)13)9(4-11)5-14-6-9/h11H,4-6H2,1-3H3,(H,12,13). The topological polar surface area (TPSA) is 70.0 Å². The third-order valence-corrected chi connectivity index (χ3v) is 2.37. The molecule has 0 unspecified atom stereocenters. The molecule has 0 aliphatic carbocycles. The average Bonchev–Trinajstić information content (AvgIpc) is 1.92. The van der Waals surface area contributed by atoms with Gasteiger partial charge in [0.2, 0.25) is 0 Å². The summed E-state index contributed by atoms with van der Waals surface area (Å²) in [4.78, 5) is 12.4. The number of amides is 1. The Morgan fingerprint density at radius 2 is 2.00 bits per heavy atom. The zero-order chi connectivity index (χ0) is 11.0. The molecule has 1 aliphatic rings. The summed E-state index contributed by atoms with van der Waals surface area (Å²) in [6.45, 7) is 5.75. The van der Waals surface area contributed by atoms with Gasteiger partial charge in [-0.15, -0.1) is 0 Å². The monoisotopic (exact) mass is 203 g/mol. The predicted octanol–water partition coefficient (Wildman–Crippen LogP) is 0.526. The molecular weight excluding hydrogens is 186 g/mol. The molecule has 82 valence electrons. The summed E-state index contributed by atoms with van der Waals surface area (Å²) in [7, 11) is 0. The lowest BCUT2D eigenvalue weighted by Crippen LogP contribution is -2.70. The van der Waals surface area contributed by atoms with Crippen molar-refractivity contribution in [2.45, 2.75) is 31.8 Å². The SMILES string of the molecule is CC(C)(C)N(C(=O)O)C1(CO)COC1. The van der Waals surface area contributed by atoms with Gasteiger partial charge < -0.3 is 14.9 Å². The van der Waals surface area contributed by atoms with E-state index >= 15 is 0 Å². The maximum atomic E-state index is 11.1. The van der Waals surface area contributed by atoms with Crippen LogP contribution in [0.15, 0.2) is 0 Å². The number of aliphatic hydroxyl groups excluding tert-OH is 1. The summed E-state index contributed by atoms with van der Waals surface area (Å²) in [5, 5.41) is 18.3. The van der Waals surface area contributed by atoms with Crippen LogP contribution in [0.2, 0.25) is 0 Å². The quantitative estimate of drug-likeness (QED) is 0.686. The van der Waals surface area contributed by atoms with Crippen LogP contribution in [0.1, 0.15) is 20.8 Å². The van der Waals surface area contributed by atoms with Gasteiger partial charge in [0.1, 0.15) is 5.54 Å². The summed E-state index contributed by atoms with van der Waals surface area (Å²) in [6.07, 6.45) is -1.02. The van der Waals surface area contributed by atoms with E-state index in [0.29, 0.717) is 0 Å². The number of ether oxygens (including phenoxy) is 1. The zero-order valence-electron chi connectivity index (χ0n) is 8.78. The van der Waals surface area contributed by atoms with Crippen molar-refractivity contribution in [3.8, 4) is 0 Å². The normalized spacial score (nSPS) is 20.0. The van der Waals surface area contributed by atoms with Crippen LogP contribution in [-0.4, -0.2) is 52.1 Å². The van der Waals surface area contributed by atoms with Gasteiger partial charge in [-0.05, 0) is 20.8 Å². The molecule has 0 bridgehead atoms. The summed E-state index contributed by atoms with van der Waals surface area (Å²) in [6, 6.07) is 0. The molecule has 0 spiro atoms. The molecule has 1 aliphatic heterocycles. The number of hydrogen-bond acceptors (Lipinski definition) is 3. The highest BCUT2D eigenvalue weighted by atomic mass is 16.5. The molecule has 1 rings (SSSR count). The van der Waals surface area contributed by atoms with E-state index in [9.17, 15) is 9.90 Å². The molecule has 5 heteroatoms. The van der Waals surface area contributed by atoms with Crippen molar-refractivity contribution in [2.24, 2.45) is 0 Å². The maximum Gasteiger partial charge on any atom is 0.408 e.